The first kappa shape index (κ1) is 17.7. The number of fused-ring (bicyclic) bond motifs is 2. The molecule has 1 N–H and O–H groups in total. The summed E-state index contributed by atoms with van der Waals surface area (Å²) in [6, 6.07) is 12.8. The lowest BCUT2D eigenvalue weighted by Crippen LogP contribution is -2.02. The van der Waals surface area contributed by atoms with Gasteiger partial charge in [0.25, 0.3) is 0 Å². The van der Waals surface area contributed by atoms with Crippen LogP contribution in [0.2, 0.25) is 5.02 Å². The lowest BCUT2D eigenvalue weighted by Gasteiger charge is -2.17. The molecule has 1 aliphatic carbocycles. The lowest BCUT2D eigenvalue weighted by molar-refractivity contribution is 0.686. The van der Waals surface area contributed by atoms with Crippen molar-refractivity contribution in [1.29, 1.82) is 0 Å². The van der Waals surface area contributed by atoms with Gasteiger partial charge in [-0.1, -0.05) is 35.9 Å². The molecule has 4 aromatic rings. The minimum absolute atomic E-state index is 0.746. The summed E-state index contributed by atoms with van der Waals surface area (Å²) in [6.07, 6.45) is 6.58. The summed E-state index contributed by atoms with van der Waals surface area (Å²) in [5.74, 6) is 0.823. The van der Waals surface area contributed by atoms with Gasteiger partial charge in [0, 0.05) is 21.7 Å². The van der Waals surface area contributed by atoms with E-state index in [1.807, 2.05) is 25.1 Å². The fourth-order valence-electron chi connectivity index (χ4n) is 3.95. The van der Waals surface area contributed by atoms with Crippen molar-refractivity contribution >= 4 is 44.7 Å². The summed E-state index contributed by atoms with van der Waals surface area (Å²) in [5, 5.41) is 7.50. The molecular formula is C23H20ClN3S. The van der Waals surface area contributed by atoms with Crippen molar-refractivity contribution in [2.24, 2.45) is 0 Å². The standard InChI is InChI=1S/C23H20ClN3S/c1-14-19(24)7-4-8-20(14)27-22-21-18(12-28-23(21)26-13-25-22)17-10-9-15-5-2-3-6-16(15)11-17/h4,7-13H,2-3,5-6H2,1H3,(H,25,26,27). The van der Waals surface area contributed by atoms with Gasteiger partial charge in [-0.05, 0) is 67.0 Å². The number of aromatic nitrogens is 2. The number of nitrogens with one attached hydrogen (secondary N) is 1. The maximum Gasteiger partial charge on any atom is 0.143 e. The predicted octanol–water partition coefficient (Wildman–Crippen LogP) is 6.94. The minimum atomic E-state index is 0.746. The van der Waals surface area contributed by atoms with E-state index in [2.05, 4.69) is 38.9 Å². The van der Waals surface area contributed by atoms with E-state index in [-0.39, 0.29) is 0 Å². The van der Waals surface area contributed by atoms with Crippen LogP contribution in [-0.2, 0) is 12.8 Å². The predicted molar refractivity (Wildman–Crippen MR) is 119 cm³/mol. The van der Waals surface area contributed by atoms with Crippen molar-refractivity contribution in [3.05, 3.63) is 69.8 Å². The molecular weight excluding hydrogens is 386 g/mol. The zero-order chi connectivity index (χ0) is 19.1. The minimum Gasteiger partial charge on any atom is -0.339 e. The molecule has 0 radical (unpaired) electrons. The largest absolute Gasteiger partial charge is 0.339 e. The van der Waals surface area contributed by atoms with Crippen LogP contribution in [0.5, 0.6) is 0 Å². The van der Waals surface area contributed by atoms with E-state index in [0.29, 0.717) is 0 Å². The summed E-state index contributed by atoms with van der Waals surface area (Å²) in [7, 11) is 0. The normalized spacial score (nSPS) is 13.5. The average Bonchev–Trinajstić information content (AvgIpc) is 3.16. The summed E-state index contributed by atoms with van der Waals surface area (Å²) in [6.45, 7) is 2.01. The van der Waals surface area contributed by atoms with Gasteiger partial charge < -0.3 is 5.32 Å². The fourth-order valence-corrected chi connectivity index (χ4v) is 5.04. The van der Waals surface area contributed by atoms with E-state index in [1.165, 1.54) is 47.9 Å². The first-order valence-electron chi connectivity index (χ1n) is 9.57. The van der Waals surface area contributed by atoms with Crippen molar-refractivity contribution in [2.75, 3.05) is 5.32 Å². The van der Waals surface area contributed by atoms with E-state index in [1.54, 1.807) is 17.7 Å². The third-order valence-corrected chi connectivity index (χ3v) is 6.85. The van der Waals surface area contributed by atoms with Gasteiger partial charge >= 0.3 is 0 Å². The van der Waals surface area contributed by atoms with E-state index < -0.39 is 0 Å². The average molecular weight is 406 g/mol. The van der Waals surface area contributed by atoms with E-state index in [0.717, 1.165) is 32.3 Å². The van der Waals surface area contributed by atoms with Gasteiger partial charge in [-0.3, -0.25) is 0 Å². The summed E-state index contributed by atoms with van der Waals surface area (Å²) in [4.78, 5) is 10.0. The summed E-state index contributed by atoms with van der Waals surface area (Å²) < 4.78 is 0. The topological polar surface area (TPSA) is 37.8 Å². The van der Waals surface area contributed by atoms with Crippen molar-refractivity contribution in [3.63, 3.8) is 0 Å². The smallest absolute Gasteiger partial charge is 0.143 e. The SMILES string of the molecule is Cc1c(Cl)cccc1Nc1ncnc2scc(-c3ccc4c(c3)CCCC4)c12. The molecule has 0 atom stereocenters. The monoisotopic (exact) mass is 405 g/mol. The number of benzene rings is 2. The number of nitrogens with zero attached hydrogens (tertiary/aromatic N) is 2. The van der Waals surface area contributed by atoms with Crippen LogP contribution in [0.15, 0.2) is 48.1 Å². The van der Waals surface area contributed by atoms with Gasteiger partial charge in [-0.25, -0.2) is 9.97 Å². The first-order chi connectivity index (χ1) is 13.7. The van der Waals surface area contributed by atoms with Crippen LogP contribution in [0.25, 0.3) is 21.3 Å². The molecule has 5 rings (SSSR count). The van der Waals surface area contributed by atoms with Crippen molar-refractivity contribution in [3.8, 4) is 11.1 Å². The molecule has 0 saturated carbocycles. The number of aryl methyl sites for hydroxylation is 2. The second-order valence-electron chi connectivity index (χ2n) is 7.28. The number of hydrogen-bond acceptors (Lipinski definition) is 4. The molecule has 2 aromatic heterocycles. The molecule has 28 heavy (non-hydrogen) atoms. The first-order valence-corrected chi connectivity index (χ1v) is 10.8. The molecule has 0 unspecified atom stereocenters. The van der Waals surface area contributed by atoms with Gasteiger partial charge in [-0.15, -0.1) is 11.3 Å². The Morgan fingerprint density at radius 2 is 1.89 bits per heavy atom. The highest BCUT2D eigenvalue weighted by Crippen LogP contribution is 2.39. The molecule has 0 aliphatic heterocycles. The highest BCUT2D eigenvalue weighted by Gasteiger charge is 2.16. The Morgan fingerprint density at radius 3 is 2.79 bits per heavy atom. The molecule has 2 aromatic carbocycles. The van der Waals surface area contributed by atoms with Crippen LogP contribution in [-0.4, -0.2) is 9.97 Å². The van der Waals surface area contributed by atoms with E-state index in [9.17, 15) is 0 Å². The van der Waals surface area contributed by atoms with Crippen molar-refractivity contribution < 1.29 is 0 Å². The molecule has 0 spiro atoms. The summed E-state index contributed by atoms with van der Waals surface area (Å²) >= 11 is 7.96. The highest BCUT2D eigenvalue weighted by molar-refractivity contribution is 7.17. The molecule has 0 amide bonds. The van der Waals surface area contributed by atoms with Gasteiger partial charge in [0.05, 0.1) is 5.39 Å². The summed E-state index contributed by atoms with van der Waals surface area (Å²) in [5.41, 5.74) is 7.40. The highest BCUT2D eigenvalue weighted by atomic mass is 35.5. The van der Waals surface area contributed by atoms with Crippen LogP contribution in [0, 0.1) is 6.92 Å². The Labute approximate surface area is 173 Å². The molecule has 3 nitrogen and oxygen atoms in total. The van der Waals surface area contributed by atoms with Crippen LogP contribution in [0.1, 0.15) is 29.5 Å². The van der Waals surface area contributed by atoms with Crippen molar-refractivity contribution in [1.82, 2.24) is 9.97 Å². The number of rotatable bonds is 3. The van der Waals surface area contributed by atoms with Crippen LogP contribution in [0.4, 0.5) is 11.5 Å². The number of thiophene rings is 1. The second-order valence-corrected chi connectivity index (χ2v) is 8.55. The zero-order valence-corrected chi connectivity index (χ0v) is 17.2. The van der Waals surface area contributed by atoms with Crippen LogP contribution < -0.4 is 5.32 Å². The van der Waals surface area contributed by atoms with E-state index >= 15 is 0 Å². The van der Waals surface area contributed by atoms with Gasteiger partial charge in [-0.2, -0.15) is 0 Å². The maximum absolute atomic E-state index is 6.30. The van der Waals surface area contributed by atoms with Crippen LogP contribution in [0.3, 0.4) is 0 Å². The Bertz CT molecular complexity index is 1180. The Morgan fingerprint density at radius 1 is 1.04 bits per heavy atom. The fraction of sp³-hybridized carbons (Fsp3) is 0.217. The number of hydrogen-bond donors (Lipinski definition) is 1. The quantitative estimate of drug-likeness (QED) is 0.401. The number of anilines is 2. The molecule has 0 saturated heterocycles. The second kappa shape index (κ2) is 7.19. The number of halogens is 1. The molecule has 0 fully saturated rings. The van der Waals surface area contributed by atoms with Crippen molar-refractivity contribution in [2.45, 2.75) is 32.6 Å². The molecule has 5 heteroatoms. The Balaban J connectivity index is 1.62. The van der Waals surface area contributed by atoms with Gasteiger partial charge in [0.2, 0.25) is 0 Å². The van der Waals surface area contributed by atoms with Gasteiger partial charge in [0.1, 0.15) is 17.0 Å². The molecule has 1 aliphatic rings. The van der Waals surface area contributed by atoms with Gasteiger partial charge in [0.15, 0.2) is 0 Å². The maximum atomic E-state index is 6.30. The molecule has 0 bridgehead atoms. The van der Waals surface area contributed by atoms with Crippen LogP contribution >= 0.6 is 22.9 Å². The Hall–Kier alpha value is -2.43. The third-order valence-electron chi connectivity index (χ3n) is 5.55. The lowest BCUT2D eigenvalue weighted by atomic mass is 9.89. The zero-order valence-electron chi connectivity index (χ0n) is 15.6. The Kier molecular flexibility index (Phi) is 4.53. The third kappa shape index (κ3) is 3.07. The molecule has 140 valence electrons. The van der Waals surface area contributed by atoms with E-state index in [4.69, 9.17) is 11.6 Å². The molecule has 2 heterocycles.